The van der Waals surface area contributed by atoms with Crippen LogP contribution in [0.3, 0.4) is 0 Å². The molecule has 0 aliphatic rings. The molecule has 2 aromatic rings. The van der Waals surface area contributed by atoms with Gasteiger partial charge in [0.15, 0.2) is 5.13 Å². The number of para-hydroxylation sites is 1. The smallest absolute Gasteiger partial charge is 0.309 e. The monoisotopic (exact) mass is 328 g/mol. The molecule has 1 heterocycles. The Balaban J connectivity index is 2.25. The van der Waals surface area contributed by atoms with Crippen molar-refractivity contribution in [2.24, 2.45) is 0 Å². The Hall–Kier alpha value is -2.13. The van der Waals surface area contributed by atoms with E-state index in [1.807, 2.05) is 0 Å². The molecule has 0 aliphatic heterocycles. The van der Waals surface area contributed by atoms with Gasteiger partial charge in [-0.2, -0.15) is 0 Å². The van der Waals surface area contributed by atoms with E-state index in [0.29, 0.717) is 5.69 Å². The predicted octanol–water partition coefficient (Wildman–Crippen LogP) is 1.58. The number of methoxy groups -OCH3 is 1. The minimum Gasteiger partial charge on any atom is -0.495 e. The molecule has 0 amide bonds. The summed E-state index contributed by atoms with van der Waals surface area (Å²) in [6, 6.07) is 6.18. The molecule has 112 valence electrons. The molecule has 0 radical (unpaired) electrons. The van der Waals surface area contributed by atoms with Gasteiger partial charge in [0.1, 0.15) is 10.6 Å². The number of rotatable bonds is 6. The summed E-state index contributed by atoms with van der Waals surface area (Å²) in [4.78, 5) is 14.5. The quantitative estimate of drug-likeness (QED) is 0.834. The Morgan fingerprint density at radius 1 is 1.43 bits per heavy atom. The van der Waals surface area contributed by atoms with Gasteiger partial charge in [-0.05, 0) is 12.1 Å². The van der Waals surface area contributed by atoms with Gasteiger partial charge in [-0.1, -0.05) is 12.1 Å². The van der Waals surface area contributed by atoms with E-state index in [4.69, 9.17) is 9.84 Å². The van der Waals surface area contributed by atoms with E-state index in [0.717, 1.165) is 11.3 Å². The van der Waals surface area contributed by atoms with Crippen LogP contribution in [0.15, 0.2) is 34.5 Å². The molecule has 21 heavy (non-hydrogen) atoms. The van der Waals surface area contributed by atoms with Gasteiger partial charge in [-0.15, -0.1) is 11.3 Å². The Labute approximate surface area is 125 Å². The normalized spacial score (nSPS) is 11.1. The molecule has 0 fully saturated rings. The molecule has 0 aliphatic carbocycles. The zero-order valence-electron chi connectivity index (χ0n) is 10.9. The topological polar surface area (TPSA) is 106 Å². The molecule has 2 N–H and O–H groups in total. The molecule has 9 heteroatoms. The van der Waals surface area contributed by atoms with Gasteiger partial charge in [-0.25, -0.2) is 13.4 Å². The molecule has 0 spiro atoms. The highest BCUT2D eigenvalue weighted by molar-refractivity contribution is 7.93. The minimum atomic E-state index is -3.85. The highest BCUT2D eigenvalue weighted by atomic mass is 32.2. The van der Waals surface area contributed by atoms with Gasteiger partial charge >= 0.3 is 5.97 Å². The van der Waals surface area contributed by atoms with E-state index in [1.54, 1.807) is 12.1 Å². The summed E-state index contributed by atoms with van der Waals surface area (Å²) in [5.41, 5.74) is 0.297. The summed E-state index contributed by atoms with van der Waals surface area (Å²) in [5, 5.41) is 10.3. The first kappa shape index (κ1) is 15.3. The summed E-state index contributed by atoms with van der Waals surface area (Å²) in [6.07, 6.45) is -0.257. The third-order valence-electron chi connectivity index (χ3n) is 2.46. The van der Waals surface area contributed by atoms with Crippen molar-refractivity contribution >= 4 is 32.5 Å². The SMILES string of the molecule is COc1ccccc1S(=O)(=O)Nc1nc(CC(=O)O)cs1. The van der Waals surface area contributed by atoms with Gasteiger partial charge in [0, 0.05) is 5.38 Å². The van der Waals surface area contributed by atoms with Crippen molar-refractivity contribution in [3.63, 3.8) is 0 Å². The summed E-state index contributed by atoms with van der Waals surface area (Å²) in [6.45, 7) is 0. The lowest BCUT2D eigenvalue weighted by Gasteiger charge is -2.09. The molecule has 0 atom stereocenters. The van der Waals surface area contributed by atoms with Crippen molar-refractivity contribution in [3.8, 4) is 5.75 Å². The first-order chi connectivity index (χ1) is 9.92. The number of carboxylic acid groups (broad SMARTS) is 1. The second-order valence-corrected chi connectivity index (χ2v) is 6.48. The molecule has 7 nitrogen and oxygen atoms in total. The first-order valence-electron chi connectivity index (χ1n) is 5.74. The fraction of sp³-hybridized carbons (Fsp3) is 0.167. The predicted molar refractivity (Wildman–Crippen MR) is 77.3 cm³/mol. The van der Waals surface area contributed by atoms with Crippen LogP contribution < -0.4 is 9.46 Å². The van der Waals surface area contributed by atoms with E-state index < -0.39 is 16.0 Å². The van der Waals surface area contributed by atoms with Crippen LogP contribution >= 0.6 is 11.3 Å². The van der Waals surface area contributed by atoms with Crippen LogP contribution in [0.5, 0.6) is 5.75 Å². The number of benzene rings is 1. The van der Waals surface area contributed by atoms with Crippen molar-refractivity contribution in [1.82, 2.24) is 4.98 Å². The maximum Gasteiger partial charge on any atom is 0.309 e. The molecular formula is C12H12N2O5S2. The third-order valence-corrected chi connectivity index (χ3v) is 4.78. The zero-order valence-corrected chi connectivity index (χ0v) is 12.6. The zero-order chi connectivity index (χ0) is 15.5. The number of thiazole rings is 1. The van der Waals surface area contributed by atoms with E-state index >= 15 is 0 Å². The maximum absolute atomic E-state index is 12.3. The summed E-state index contributed by atoms with van der Waals surface area (Å²) in [5.74, 6) is -0.813. The van der Waals surface area contributed by atoms with Crippen molar-refractivity contribution in [2.75, 3.05) is 11.8 Å². The number of hydrogen-bond acceptors (Lipinski definition) is 6. The Morgan fingerprint density at radius 2 is 2.14 bits per heavy atom. The van der Waals surface area contributed by atoms with E-state index in [-0.39, 0.29) is 22.2 Å². The molecule has 2 rings (SSSR count). The van der Waals surface area contributed by atoms with Crippen LogP contribution in [0.2, 0.25) is 0 Å². The fourth-order valence-corrected chi connectivity index (χ4v) is 3.74. The van der Waals surface area contributed by atoms with E-state index in [1.165, 1.54) is 24.6 Å². The number of hydrogen-bond donors (Lipinski definition) is 2. The second-order valence-electron chi connectivity index (χ2n) is 3.97. The lowest BCUT2D eigenvalue weighted by Crippen LogP contribution is -2.14. The largest absolute Gasteiger partial charge is 0.495 e. The number of aliphatic carboxylic acids is 1. The number of nitrogens with one attached hydrogen (secondary N) is 1. The molecule has 0 unspecified atom stereocenters. The lowest BCUT2D eigenvalue weighted by molar-refractivity contribution is -0.136. The number of carbonyl (C=O) groups is 1. The van der Waals surface area contributed by atoms with Crippen LogP contribution in [-0.2, 0) is 21.2 Å². The van der Waals surface area contributed by atoms with Crippen molar-refractivity contribution < 1.29 is 23.1 Å². The average molecular weight is 328 g/mol. The standard InChI is InChI=1S/C12H12N2O5S2/c1-19-9-4-2-3-5-10(9)21(17,18)14-12-13-8(7-20-12)6-11(15)16/h2-5,7H,6H2,1H3,(H,13,14)(H,15,16). The van der Waals surface area contributed by atoms with Crippen LogP contribution in [0.25, 0.3) is 0 Å². The lowest BCUT2D eigenvalue weighted by atomic mass is 10.3. The summed E-state index contributed by atoms with van der Waals surface area (Å²) in [7, 11) is -2.47. The van der Waals surface area contributed by atoms with Gasteiger partial charge in [-0.3, -0.25) is 9.52 Å². The number of carboxylic acids is 1. The second kappa shape index (κ2) is 6.10. The minimum absolute atomic E-state index is 0.0116. The van der Waals surface area contributed by atoms with Crippen LogP contribution in [0.1, 0.15) is 5.69 Å². The molecule has 0 bridgehead atoms. The van der Waals surface area contributed by atoms with E-state index in [9.17, 15) is 13.2 Å². The third kappa shape index (κ3) is 3.70. The molecule has 0 saturated heterocycles. The van der Waals surface area contributed by atoms with Crippen molar-refractivity contribution in [1.29, 1.82) is 0 Å². The summed E-state index contributed by atoms with van der Waals surface area (Å²) < 4.78 is 31.9. The Kier molecular flexibility index (Phi) is 4.43. The molecule has 1 aromatic heterocycles. The molecular weight excluding hydrogens is 316 g/mol. The maximum atomic E-state index is 12.3. The van der Waals surface area contributed by atoms with Crippen molar-refractivity contribution in [2.45, 2.75) is 11.3 Å². The highest BCUT2D eigenvalue weighted by Crippen LogP contribution is 2.26. The fourth-order valence-electron chi connectivity index (χ4n) is 1.60. The van der Waals surface area contributed by atoms with Gasteiger partial charge in [0.05, 0.1) is 19.2 Å². The van der Waals surface area contributed by atoms with Crippen LogP contribution in [0.4, 0.5) is 5.13 Å². The Morgan fingerprint density at radius 3 is 2.81 bits per heavy atom. The Bertz CT molecular complexity index is 755. The van der Waals surface area contributed by atoms with Crippen molar-refractivity contribution in [3.05, 3.63) is 35.3 Å². The number of nitrogens with zero attached hydrogens (tertiary/aromatic N) is 1. The molecule has 1 aromatic carbocycles. The van der Waals surface area contributed by atoms with Gasteiger partial charge in [0.2, 0.25) is 0 Å². The van der Waals surface area contributed by atoms with Gasteiger partial charge in [0.25, 0.3) is 10.0 Å². The van der Waals surface area contributed by atoms with Crippen LogP contribution in [0, 0.1) is 0 Å². The highest BCUT2D eigenvalue weighted by Gasteiger charge is 2.20. The summed E-state index contributed by atoms with van der Waals surface area (Å²) >= 11 is 1.02. The van der Waals surface area contributed by atoms with Gasteiger partial charge < -0.3 is 9.84 Å². The number of aromatic nitrogens is 1. The van der Waals surface area contributed by atoms with E-state index in [2.05, 4.69) is 9.71 Å². The number of anilines is 1. The molecule has 0 saturated carbocycles. The van der Waals surface area contributed by atoms with Crippen LogP contribution in [-0.4, -0.2) is 31.6 Å². The average Bonchev–Trinajstić information content (AvgIpc) is 2.84. The number of ether oxygens (including phenoxy) is 1. The first-order valence-corrected chi connectivity index (χ1v) is 8.10. The number of sulfonamides is 1.